The van der Waals surface area contributed by atoms with Gasteiger partial charge in [0.05, 0.1) is 11.3 Å². The van der Waals surface area contributed by atoms with E-state index in [0.717, 1.165) is 16.9 Å². The lowest BCUT2D eigenvalue weighted by Crippen LogP contribution is -1.99. The molecule has 0 atom stereocenters. The van der Waals surface area contributed by atoms with E-state index >= 15 is 0 Å². The number of aromatic nitrogens is 3. The summed E-state index contributed by atoms with van der Waals surface area (Å²) in [7, 11) is 1.85. The molecule has 1 aromatic heterocycles. The number of H-pyrrole nitrogens is 1. The molecule has 6 nitrogen and oxygen atoms in total. The zero-order valence-electron chi connectivity index (χ0n) is 13.4. The Labute approximate surface area is 144 Å². The van der Waals surface area contributed by atoms with E-state index in [9.17, 15) is 10.2 Å². The van der Waals surface area contributed by atoms with Crippen molar-refractivity contribution in [2.75, 3.05) is 12.4 Å². The van der Waals surface area contributed by atoms with Crippen molar-refractivity contribution in [1.29, 1.82) is 0 Å². The average Bonchev–Trinajstić information content (AvgIpc) is 2.96. The van der Waals surface area contributed by atoms with E-state index in [1.165, 1.54) is 6.07 Å². The highest BCUT2D eigenvalue weighted by molar-refractivity contribution is 7.71. The van der Waals surface area contributed by atoms with Crippen molar-refractivity contribution in [3.63, 3.8) is 0 Å². The molecule has 0 aliphatic rings. The molecule has 24 heavy (non-hydrogen) atoms. The Balaban J connectivity index is 2.19. The molecular formula is C17H18N4O2S. The molecule has 0 fully saturated rings. The highest BCUT2D eigenvalue weighted by Crippen LogP contribution is 2.35. The van der Waals surface area contributed by atoms with Crippen LogP contribution >= 0.6 is 12.2 Å². The monoisotopic (exact) mass is 342 g/mol. The number of nitrogens with one attached hydrogen (secondary N) is 2. The fraction of sp³-hybridized carbons (Fsp3) is 0.176. The fourth-order valence-corrected chi connectivity index (χ4v) is 2.82. The normalized spacial score (nSPS) is 10.8. The van der Waals surface area contributed by atoms with Crippen LogP contribution in [0.3, 0.4) is 0 Å². The van der Waals surface area contributed by atoms with Crippen LogP contribution in [-0.4, -0.2) is 32.0 Å². The zero-order valence-corrected chi connectivity index (χ0v) is 14.2. The summed E-state index contributed by atoms with van der Waals surface area (Å²) in [5, 5.41) is 30.2. The fourth-order valence-electron chi connectivity index (χ4n) is 2.58. The van der Waals surface area contributed by atoms with Crippen LogP contribution in [0.2, 0.25) is 0 Å². The summed E-state index contributed by atoms with van der Waals surface area (Å²) in [5.74, 6) is 0.508. The summed E-state index contributed by atoms with van der Waals surface area (Å²) in [6.45, 7) is 1.93. The second-order valence-electron chi connectivity index (χ2n) is 5.34. The second kappa shape index (κ2) is 6.37. The first-order chi connectivity index (χ1) is 11.5. The number of phenols is 2. The summed E-state index contributed by atoms with van der Waals surface area (Å²) in [5.41, 5.74) is 3.05. The number of hydrogen-bond acceptors (Lipinski definition) is 5. The van der Waals surface area contributed by atoms with Crippen molar-refractivity contribution in [3.05, 3.63) is 46.7 Å². The Kier molecular flexibility index (Phi) is 4.26. The molecule has 0 saturated carbocycles. The average molecular weight is 342 g/mol. The summed E-state index contributed by atoms with van der Waals surface area (Å²) < 4.78 is 2.17. The van der Waals surface area contributed by atoms with Gasteiger partial charge in [0.15, 0.2) is 10.6 Å². The van der Waals surface area contributed by atoms with Crippen LogP contribution in [0.25, 0.3) is 17.1 Å². The minimum Gasteiger partial charge on any atom is -0.508 e. The predicted molar refractivity (Wildman–Crippen MR) is 96.4 cm³/mol. The van der Waals surface area contributed by atoms with Gasteiger partial charge in [-0.25, -0.2) is 0 Å². The third kappa shape index (κ3) is 2.74. The molecule has 4 N–H and O–H groups in total. The van der Waals surface area contributed by atoms with Gasteiger partial charge < -0.3 is 15.5 Å². The lowest BCUT2D eigenvalue weighted by molar-refractivity contribution is 0.447. The Morgan fingerprint density at radius 3 is 2.50 bits per heavy atom. The molecule has 0 unspecified atom stereocenters. The lowest BCUT2D eigenvalue weighted by atomic mass is 10.1. The number of phenolic OH excluding ortho intramolecular Hbond substituents is 2. The van der Waals surface area contributed by atoms with E-state index in [0.29, 0.717) is 22.6 Å². The van der Waals surface area contributed by atoms with Crippen LogP contribution in [0.1, 0.15) is 12.5 Å². The number of aromatic hydroxyl groups is 2. The van der Waals surface area contributed by atoms with Gasteiger partial charge in [-0.15, -0.1) is 0 Å². The van der Waals surface area contributed by atoms with Crippen molar-refractivity contribution in [3.8, 4) is 28.6 Å². The number of benzene rings is 2. The molecule has 1 heterocycles. The second-order valence-corrected chi connectivity index (χ2v) is 5.72. The summed E-state index contributed by atoms with van der Waals surface area (Å²) in [4.78, 5) is 0. The molecule has 0 saturated heterocycles. The molecule has 2 aromatic carbocycles. The number of hydrogen-bond donors (Lipinski definition) is 4. The van der Waals surface area contributed by atoms with Crippen molar-refractivity contribution < 1.29 is 10.2 Å². The number of anilines is 1. The molecule has 0 amide bonds. The number of rotatable bonds is 4. The molecule has 0 spiro atoms. The standard InChI is InChI=1S/C17H18N4O2S/c1-3-10-8-13(15(23)9-14(10)22)16-19-20-17(24)21(16)12-6-4-11(18-2)5-7-12/h4-9,18,22-23H,3H2,1-2H3,(H,20,24). The van der Waals surface area contributed by atoms with E-state index in [4.69, 9.17) is 12.2 Å². The number of nitrogens with zero attached hydrogens (tertiary/aromatic N) is 2. The van der Waals surface area contributed by atoms with Crippen LogP contribution in [0.5, 0.6) is 11.5 Å². The molecular weight excluding hydrogens is 324 g/mol. The first-order valence-corrected chi connectivity index (χ1v) is 7.96. The maximum Gasteiger partial charge on any atom is 0.200 e. The SMILES string of the molecule is CCc1cc(-c2n[nH]c(=S)n2-c2ccc(NC)cc2)c(O)cc1O. The molecule has 0 aliphatic carbocycles. The van der Waals surface area contributed by atoms with Gasteiger partial charge in [-0.2, -0.15) is 5.10 Å². The van der Waals surface area contributed by atoms with Gasteiger partial charge in [-0.05, 0) is 54.5 Å². The van der Waals surface area contributed by atoms with E-state index in [2.05, 4.69) is 15.5 Å². The van der Waals surface area contributed by atoms with Crippen LogP contribution in [0.15, 0.2) is 36.4 Å². The summed E-state index contributed by atoms with van der Waals surface area (Å²) in [6, 6.07) is 10.8. The van der Waals surface area contributed by atoms with Gasteiger partial charge >= 0.3 is 0 Å². The quantitative estimate of drug-likeness (QED) is 0.544. The van der Waals surface area contributed by atoms with Crippen molar-refractivity contribution >= 4 is 17.9 Å². The van der Waals surface area contributed by atoms with E-state index < -0.39 is 0 Å². The summed E-state index contributed by atoms with van der Waals surface area (Å²) in [6.07, 6.45) is 0.640. The number of aryl methyl sites for hydroxylation is 1. The van der Waals surface area contributed by atoms with Gasteiger partial charge in [0, 0.05) is 18.8 Å². The zero-order chi connectivity index (χ0) is 17.3. The largest absolute Gasteiger partial charge is 0.508 e. The Bertz CT molecular complexity index is 929. The van der Waals surface area contributed by atoms with Crippen molar-refractivity contribution in [2.24, 2.45) is 0 Å². The highest BCUT2D eigenvalue weighted by Gasteiger charge is 2.17. The van der Waals surface area contributed by atoms with Crippen LogP contribution in [-0.2, 0) is 6.42 Å². The van der Waals surface area contributed by atoms with Gasteiger partial charge in [-0.3, -0.25) is 9.67 Å². The van der Waals surface area contributed by atoms with Crippen LogP contribution in [0, 0.1) is 4.77 Å². The minimum absolute atomic E-state index is 0.0493. The third-order valence-electron chi connectivity index (χ3n) is 3.91. The first-order valence-electron chi connectivity index (χ1n) is 7.56. The molecule has 124 valence electrons. The van der Waals surface area contributed by atoms with E-state index in [1.54, 1.807) is 10.6 Å². The molecule has 0 radical (unpaired) electrons. The maximum atomic E-state index is 10.3. The predicted octanol–water partition coefficient (Wildman–Crippen LogP) is 3.61. The number of aromatic amines is 1. The topological polar surface area (TPSA) is 86.1 Å². The Morgan fingerprint density at radius 1 is 1.17 bits per heavy atom. The summed E-state index contributed by atoms with van der Waals surface area (Å²) >= 11 is 5.34. The van der Waals surface area contributed by atoms with Gasteiger partial charge in [0.2, 0.25) is 0 Å². The maximum absolute atomic E-state index is 10.3. The van der Waals surface area contributed by atoms with Crippen molar-refractivity contribution in [1.82, 2.24) is 14.8 Å². The molecule has 0 aliphatic heterocycles. The van der Waals surface area contributed by atoms with E-state index in [-0.39, 0.29) is 11.5 Å². The molecule has 0 bridgehead atoms. The molecule has 3 rings (SSSR count). The Hall–Kier alpha value is -2.80. The van der Waals surface area contributed by atoms with Crippen molar-refractivity contribution in [2.45, 2.75) is 13.3 Å². The van der Waals surface area contributed by atoms with Gasteiger partial charge in [0.1, 0.15) is 11.5 Å². The molecule has 7 heteroatoms. The van der Waals surface area contributed by atoms with Crippen LogP contribution < -0.4 is 5.32 Å². The van der Waals surface area contributed by atoms with Gasteiger partial charge in [0.25, 0.3) is 0 Å². The third-order valence-corrected chi connectivity index (χ3v) is 4.18. The highest BCUT2D eigenvalue weighted by atomic mass is 32.1. The van der Waals surface area contributed by atoms with E-state index in [1.807, 2.05) is 38.2 Å². The molecule has 3 aromatic rings. The van der Waals surface area contributed by atoms with Crippen LogP contribution in [0.4, 0.5) is 5.69 Å². The smallest absolute Gasteiger partial charge is 0.200 e. The minimum atomic E-state index is -0.0493. The lowest BCUT2D eigenvalue weighted by Gasteiger charge is -2.11. The first kappa shape index (κ1) is 16.1. The van der Waals surface area contributed by atoms with Gasteiger partial charge in [-0.1, -0.05) is 6.92 Å². The Morgan fingerprint density at radius 2 is 1.88 bits per heavy atom.